The molecule has 6 heteroatoms. The van der Waals surface area contributed by atoms with E-state index in [9.17, 15) is 10.2 Å². The van der Waals surface area contributed by atoms with Crippen LogP contribution in [0.5, 0.6) is 11.5 Å². The highest BCUT2D eigenvalue weighted by atomic mass is 16.5. The Morgan fingerprint density at radius 2 is 1.03 bits per heavy atom. The number of hydrogen-bond donors (Lipinski definition) is 2. The van der Waals surface area contributed by atoms with E-state index in [2.05, 4.69) is 12.1 Å². The zero-order valence-electron chi connectivity index (χ0n) is 19.4. The molecule has 3 rings (SSSR count). The number of aryl methyl sites for hydroxylation is 2. The fourth-order valence-corrected chi connectivity index (χ4v) is 3.65. The van der Waals surface area contributed by atoms with E-state index in [-0.39, 0.29) is 26.4 Å². The van der Waals surface area contributed by atoms with Crippen LogP contribution < -0.4 is 9.47 Å². The Kier molecular flexibility index (Phi) is 8.70. The highest BCUT2D eigenvalue weighted by Gasteiger charge is 2.19. The molecule has 2 unspecified atom stereocenters. The fraction of sp³-hybridized carbons (Fsp3) is 0.462. The van der Waals surface area contributed by atoms with Gasteiger partial charge in [-0.05, 0) is 39.8 Å². The molecule has 6 nitrogen and oxygen atoms in total. The predicted molar refractivity (Wildman–Crippen MR) is 127 cm³/mol. The van der Waals surface area contributed by atoms with Crippen LogP contribution in [0.4, 0.5) is 0 Å². The van der Waals surface area contributed by atoms with Crippen molar-refractivity contribution in [1.29, 1.82) is 0 Å². The molecule has 3 aromatic carbocycles. The number of benzene rings is 3. The predicted octanol–water partition coefficient (Wildman–Crippen LogP) is 4.16. The highest BCUT2D eigenvalue weighted by Crippen LogP contribution is 2.43. The van der Waals surface area contributed by atoms with Gasteiger partial charge < -0.3 is 29.2 Å². The van der Waals surface area contributed by atoms with Crippen LogP contribution >= 0.6 is 0 Å². The first-order valence-corrected chi connectivity index (χ1v) is 11.2. The summed E-state index contributed by atoms with van der Waals surface area (Å²) in [7, 11) is 0. The molecule has 0 aromatic heterocycles. The smallest absolute Gasteiger partial charge is 0.135 e. The highest BCUT2D eigenvalue weighted by molar-refractivity contribution is 6.11. The van der Waals surface area contributed by atoms with Gasteiger partial charge >= 0.3 is 0 Å². The molecule has 2 N–H and O–H groups in total. The Morgan fingerprint density at radius 3 is 1.41 bits per heavy atom. The third kappa shape index (κ3) is 5.90. The Balaban J connectivity index is 2.05. The zero-order chi connectivity index (χ0) is 23.1. The van der Waals surface area contributed by atoms with E-state index in [1.54, 1.807) is 0 Å². The minimum atomic E-state index is -0.722. The van der Waals surface area contributed by atoms with Gasteiger partial charge in [-0.25, -0.2) is 0 Å². The molecule has 0 saturated carbocycles. The molecule has 0 amide bonds. The summed E-state index contributed by atoms with van der Waals surface area (Å²) in [4.78, 5) is 0. The second kappa shape index (κ2) is 11.5. The van der Waals surface area contributed by atoms with Crippen molar-refractivity contribution in [1.82, 2.24) is 0 Å². The summed E-state index contributed by atoms with van der Waals surface area (Å²) in [6.45, 7) is 9.63. The summed E-state index contributed by atoms with van der Waals surface area (Å²) in [6, 6.07) is 12.2. The van der Waals surface area contributed by atoms with Crippen LogP contribution in [0.15, 0.2) is 36.4 Å². The summed E-state index contributed by atoms with van der Waals surface area (Å²) < 4.78 is 23.0. The third-order valence-electron chi connectivity index (χ3n) is 5.20. The molecule has 0 fully saturated rings. The molecule has 0 radical (unpaired) electrons. The second-order valence-electron chi connectivity index (χ2n) is 8.00. The summed E-state index contributed by atoms with van der Waals surface area (Å²) >= 11 is 0. The van der Waals surface area contributed by atoms with Gasteiger partial charge in [-0.1, -0.05) is 35.4 Å². The van der Waals surface area contributed by atoms with Crippen molar-refractivity contribution >= 4 is 21.5 Å². The molecular weight excluding hydrogens is 408 g/mol. The van der Waals surface area contributed by atoms with E-state index in [1.807, 2.05) is 52.0 Å². The van der Waals surface area contributed by atoms with E-state index < -0.39 is 12.2 Å². The number of rotatable bonds is 12. The monoisotopic (exact) mass is 442 g/mol. The minimum Gasteiger partial charge on any atom is -0.489 e. The van der Waals surface area contributed by atoms with Gasteiger partial charge in [0.1, 0.15) is 36.9 Å². The molecule has 0 spiro atoms. The van der Waals surface area contributed by atoms with Crippen molar-refractivity contribution in [3.05, 3.63) is 47.5 Å². The molecular formula is C26H34O6. The second-order valence-corrected chi connectivity index (χ2v) is 8.00. The maximum Gasteiger partial charge on any atom is 0.135 e. The number of fused-ring (bicyclic) bond motifs is 2. The third-order valence-corrected chi connectivity index (χ3v) is 5.20. The number of aliphatic hydroxyl groups excluding tert-OH is 2. The molecule has 32 heavy (non-hydrogen) atoms. The normalized spacial score (nSPS) is 13.4. The average molecular weight is 443 g/mol. The van der Waals surface area contributed by atoms with Crippen LogP contribution in [0, 0.1) is 13.8 Å². The molecule has 0 saturated heterocycles. The first-order valence-electron chi connectivity index (χ1n) is 11.2. The lowest BCUT2D eigenvalue weighted by Crippen LogP contribution is -2.24. The van der Waals surface area contributed by atoms with E-state index in [1.165, 1.54) is 0 Å². The standard InChI is InChI=1S/C26H34O6/c1-5-29-13-19(27)15-31-25-21-9-7-18(4)12-24(21)26(32-16-20(28)14-30-6-2)22-10-8-17(3)11-23(22)25/h7-12,19-20,27-28H,5-6,13-16H2,1-4H3. The summed E-state index contributed by atoms with van der Waals surface area (Å²) in [5.74, 6) is 1.41. The maximum absolute atomic E-state index is 10.2. The van der Waals surface area contributed by atoms with Gasteiger partial charge in [-0.2, -0.15) is 0 Å². The number of aliphatic hydroxyl groups is 2. The zero-order valence-corrected chi connectivity index (χ0v) is 19.4. The summed E-state index contributed by atoms with van der Waals surface area (Å²) in [5.41, 5.74) is 2.18. The molecule has 0 aliphatic heterocycles. The molecule has 0 aliphatic carbocycles. The quantitative estimate of drug-likeness (QED) is 0.410. The Bertz CT molecular complexity index is 948. The van der Waals surface area contributed by atoms with Gasteiger partial charge in [0.25, 0.3) is 0 Å². The average Bonchev–Trinajstić information content (AvgIpc) is 2.78. The van der Waals surface area contributed by atoms with Crippen LogP contribution in [0.25, 0.3) is 21.5 Å². The van der Waals surface area contributed by atoms with Crippen LogP contribution in [-0.2, 0) is 9.47 Å². The Labute approximate surface area is 189 Å². The summed E-state index contributed by atoms with van der Waals surface area (Å²) in [6.07, 6.45) is -1.44. The van der Waals surface area contributed by atoms with Crippen LogP contribution in [-0.4, -0.2) is 62.1 Å². The minimum absolute atomic E-state index is 0.124. The van der Waals surface area contributed by atoms with Gasteiger partial charge in [0.05, 0.1) is 13.2 Å². The van der Waals surface area contributed by atoms with Crippen molar-refractivity contribution in [3.8, 4) is 11.5 Å². The van der Waals surface area contributed by atoms with Crippen LogP contribution in [0.2, 0.25) is 0 Å². The van der Waals surface area contributed by atoms with Crippen molar-refractivity contribution in [3.63, 3.8) is 0 Å². The molecule has 0 aliphatic rings. The van der Waals surface area contributed by atoms with E-state index in [4.69, 9.17) is 18.9 Å². The van der Waals surface area contributed by atoms with Gasteiger partial charge in [0.2, 0.25) is 0 Å². The first-order chi connectivity index (χ1) is 15.4. The molecule has 174 valence electrons. The lowest BCUT2D eigenvalue weighted by molar-refractivity contribution is 0.0166. The molecule has 0 bridgehead atoms. The number of ether oxygens (including phenoxy) is 4. The summed E-state index contributed by atoms with van der Waals surface area (Å²) in [5, 5.41) is 24.1. The largest absolute Gasteiger partial charge is 0.489 e. The Morgan fingerprint density at radius 1 is 0.625 bits per heavy atom. The maximum atomic E-state index is 10.2. The van der Waals surface area contributed by atoms with Crippen molar-refractivity contribution in [2.75, 3.05) is 39.6 Å². The lowest BCUT2D eigenvalue weighted by Gasteiger charge is -2.21. The molecule has 2 atom stereocenters. The van der Waals surface area contributed by atoms with E-state index in [0.29, 0.717) is 24.7 Å². The van der Waals surface area contributed by atoms with Gasteiger partial charge in [0, 0.05) is 34.8 Å². The van der Waals surface area contributed by atoms with E-state index >= 15 is 0 Å². The van der Waals surface area contributed by atoms with Gasteiger partial charge in [0.15, 0.2) is 0 Å². The van der Waals surface area contributed by atoms with Crippen molar-refractivity contribution in [2.45, 2.75) is 39.9 Å². The number of hydrogen-bond acceptors (Lipinski definition) is 6. The topological polar surface area (TPSA) is 77.4 Å². The molecule has 3 aromatic rings. The van der Waals surface area contributed by atoms with Crippen LogP contribution in [0.1, 0.15) is 25.0 Å². The van der Waals surface area contributed by atoms with E-state index in [0.717, 1.165) is 32.7 Å². The lowest BCUT2D eigenvalue weighted by atomic mass is 9.97. The fourth-order valence-electron chi connectivity index (χ4n) is 3.65. The van der Waals surface area contributed by atoms with Gasteiger partial charge in [-0.3, -0.25) is 0 Å². The van der Waals surface area contributed by atoms with Crippen LogP contribution in [0.3, 0.4) is 0 Å². The van der Waals surface area contributed by atoms with Crippen molar-refractivity contribution < 1.29 is 29.2 Å². The van der Waals surface area contributed by atoms with Crippen molar-refractivity contribution in [2.24, 2.45) is 0 Å². The SMILES string of the molecule is CCOCC(O)COc1c2ccc(C)cc2c(OCC(O)COCC)c2ccc(C)cc12. The molecule has 0 heterocycles. The Hall–Kier alpha value is -2.38. The van der Waals surface area contributed by atoms with Gasteiger partial charge in [-0.15, -0.1) is 0 Å². The first kappa shape index (κ1) is 24.3.